The van der Waals surface area contributed by atoms with Crippen LogP contribution in [0.25, 0.3) is 0 Å². The summed E-state index contributed by atoms with van der Waals surface area (Å²) in [6, 6.07) is 7.10. The Morgan fingerprint density at radius 1 is 1.29 bits per heavy atom. The van der Waals surface area contributed by atoms with E-state index in [2.05, 4.69) is 10.6 Å². The Hall–Kier alpha value is -1.40. The van der Waals surface area contributed by atoms with Crippen molar-refractivity contribution in [2.75, 3.05) is 12.8 Å². The zero-order valence-corrected chi connectivity index (χ0v) is 13.2. The fraction of sp³-hybridized carbons (Fsp3) is 0.533. The highest BCUT2D eigenvalue weighted by Crippen LogP contribution is 2.18. The van der Waals surface area contributed by atoms with Gasteiger partial charge in [0.2, 0.25) is 5.91 Å². The summed E-state index contributed by atoms with van der Waals surface area (Å²) in [7, 11) is -3.18. The molecular weight excluding hydrogens is 288 g/mol. The normalized spacial score (nSPS) is 16.5. The maximum absolute atomic E-state index is 11.8. The minimum absolute atomic E-state index is 0.00263. The number of nitrogens with one attached hydrogen (secondary N) is 2. The summed E-state index contributed by atoms with van der Waals surface area (Å²) < 4.78 is 22.8. The maximum atomic E-state index is 11.8. The van der Waals surface area contributed by atoms with Crippen molar-refractivity contribution < 1.29 is 13.2 Å². The topological polar surface area (TPSA) is 75.3 Å². The van der Waals surface area contributed by atoms with Gasteiger partial charge in [-0.3, -0.25) is 4.79 Å². The van der Waals surface area contributed by atoms with E-state index in [9.17, 15) is 13.2 Å². The Balaban J connectivity index is 1.84. The van der Waals surface area contributed by atoms with Crippen molar-refractivity contribution in [1.82, 2.24) is 10.6 Å². The van der Waals surface area contributed by atoms with Gasteiger partial charge in [-0.1, -0.05) is 12.1 Å². The van der Waals surface area contributed by atoms with Gasteiger partial charge in [-0.25, -0.2) is 8.42 Å². The first-order valence-corrected chi connectivity index (χ1v) is 9.08. The van der Waals surface area contributed by atoms with Crippen molar-refractivity contribution in [1.29, 1.82) is 0 Å². The van der Waals surface area contributed by atoms with Crippen LogP contribution in [0.3, 0.4) is 0 Å². The molecule has 2 N–H and O–H groups in total. The fourth-order valence-electron chi connectivity index (χ4n) is 2.08. The molecule has 2 rings (SSSR count). The number of hydrogen-bond donors (Lipinski definition) is 2. The molecule has 0 bridgehead atoms. The molecule has 0 aromatic heterocycles. The molecule has 0 aliphatic heterocycles. The second-order valence-corrected chi connectivity index (χ2v) is 7.62. The number of rotatable bonds is 7. The third-order valence-corrected chi connectivity index (χ3v) is 4.68. The molecule has 21 heavy (non-hydrogen) atoms. The predicted octanol–water partition coefficient (Wildman–Crippen LogP) is 1.41. The minimum atomic E-state index is -3.18. The maximum Gasteiger partial charge on any atom is 0.221 e. The third kappa shape index (κ3) is 5.13. The highest BCUT2D eigenvalue weighted by atomic mass is 32.2. The lowest BCUT2D eigenvalue weighted by Gasteiger charge is -2.15. The van der Waals surface area contributed by atoms with Crippen molar-refractivity contribution in [3.05, 3.63) is 29.8 Å². The van der Waals surface area contributed by atoms with Crippen LogP contribution in [0.4, 0.5) is 0 Å². The van der Waals surface area contributed by atoms with Gasteiger partial charge < -0.3 is 10.6 Å². The lowest BCUT2D eigenvalue weighted by Crippen LogP contribution is -2.30. The molecular formula is C15H22N2O3S. The molecule has 1 atom stereocenters. The van der Waals surface area contributed by atoms with Gasteiger partial charge in [-0.05, 0) is 37.5 Å². The summed E-state index contributed by atoms with van der Waals surface area (Å²) in [6.45, 7) is 2.60. The van der Waals surface area contributed by atoms with E-state index in [1.807, 2.05) is 6.92 Å². The molecule has 1 amide bonds. The summed E-state index contributed by atoms with van der Waals surface area (Å²) in [4.78, 5) is 12.1. The number of hydrogen-bond acceptors (Lipinski definition) is 4. The van der Waals surface area contributed by atoms with Gasteiger partial charge in [0.1, 0.15) is 0 Å². The van der Waals surface area contributed by atoms with Crippen LogP contribution in [0.2, 0.25) is 0 Å². The van der Waals surface area contributed by atoms with E-state index in [1.54, 1.807) is 24.3 Å². The zero-order chi connectivity index (χ0) is 15.5. The van der Waals surface area contributed by atoms with Crippen LogP contribution in [0.15, 0.2) is 29.2 Å². The average molecular weight is 310 g/mol. The number of benzene rings is 1. The highest BCUT2D eigenvalue weighted by Gasteiger charge is 2.20. The molecule has 1 aliphatic carbocycles. The number of amides is 1. The molecule has 1 unspecified atom stereocenters. The van der Waals surface area contributed by atoms with Crippen LogP contribution in [-0.2, 0) is 14.6 Å². The second-order valence-electron chi connectivity index (χ2n) is 5.61. The molecule has 1 saturated carbocycles. The van der Waals surface area contributed by atoms with E-state index < -0.39 is 9.84 Å². The van der Waals surface area contributed by atoms with Gasteiger partial charge in [0, 0.05) is 25.3 Å². The van der Waals surface area contributed by atoms with Gasteiger partial charge >= 0.3 is 0 Å². The summed E-state index contributed by atoms with van der Waals surface area (Å²) in [5.41, 5.74) is 0.894. The lowest BCUT2D eigenvalue weighted by atomic mass is 10.1. The SMILES string of the molecule is CC(NC(=O)CCNC1CC1)c1ccc(S(C)(=O)=O)cc1. The van der Waals surface area contributed by atoms with Crippen LogP contribution in [0.1, 0.15) is 37.8 Å². The summed E-state index contributed by atoms with van der Waals surface area (Å²) in [6.07, 6.45) is 4.07. The molecule has 1 aromatic rings. The van der Waals surface area contributed by atoms with Crippen LogP contribution in [-0.4, -0.2) is 33.2 Å². The molecule has 0 radical (unpaired) electrons. The molecule has 1 fully saturated rings. The van der Waals surface area contributed by atoms with Gasteiger partial charge in [0.15, 0.2) is 9.84 Å². The molecule has 0 heterocycles. The minimum Gasteiger partial charge on any atom is -0.350 e. The molecule has 0 spiro atoms. The predicted molar refractivity (Wildman–Crippen MR) is 81.8 cm³/mol. The van der Waals surface area contributed by atoms with E-state index in [1.165, 1.54) is 19.1 Å². The Morgan fingerprint density at radius 3 is 2.43 bits per heavy atom. The van der Waals surface area contributed by atoms with Gasteiger partial charge in [0.05, 0.1) is 10.9 Å². The van der Waals surface area contributed by atoms with Gasteiger partial charge in [-0.15, -0.1) is 0 Å². The third-order valence-electron chi connectivity index (χ3n) is 3.55. The Kier molecular flexibility index (Phi) is 5.00. The first-order chi connectivity index (χ1) is 9.86. The molecule has 1 aromatic carbocycles. The molecule has 1 aliphatic rings. The smallest absolute Gasteiger partial charge is 0.221 e. The molecule has 5 nitrogen and oxygen atoms in total. The van der Waals surface area contributed by atoms with Crippen molar-refractivity contribution in [3.63, 3.8) is 0 Å². The van der Waals surface area contributed by atoms with Crippen LogP contribution in [0, 0.1) is 0 Å². The summed E-state index contributed by atoms with van der Waals surface area (Å²) in [5, 5.41) is 6.22. The van der Waals surface area contributed by atoms with Crippen molar-refractivity contribution >= 4 is 15.7 Å². The monoisotopic (exact) mass is 310 g/mol. The zero-order valence-electron chi connectivity index (χ0n) is 12.4. The van der Waals surface area contributed by atoms with Gasteiger partial charge in [0.25, 0.3) is 0 Å². The Labute approximate surface area is 126 Å². The lowest BCUT2D eigenvalue weighted by molar-refractivity contribution is -0.121. The quantitative estimate of drug-likeness (QED) is 0.798. The first-order valence-electron chi connectivity index (χ1n) is 7.19. The Morgan fingerprint density at radius 2 is 1.90 bits per heavy atom. The number of carbonyl (C=O) groups excluding carboxylic acids is 1. The molecule has 116 valence electrons. The molecule has 0 saturated heterocycles. The van der Waals surface area contributed by atoms with Crippen molar-refractivity contribution in [2.45, 2.75) is 43.2 Å². The second kappa shape index (κ2) is 6.58. The standard InChI is InChI=1S/C15H22N2O3S/c1-11(17-15(18)9-10-16-13-5-6-13)12-3-7-14(8-4-12)21(2,19)20/h3-4,7-8,11,13,16H,5-6,9-10H2,1-2H3,(H,17,18). The van der Waals surface area contributed by atoms with Crippen molar-refractivity contribution in [2.24, 2.45) is 0 Å². The van der Waals surface area contributed by atoms with Crippen molar-refractivity contribution in [3.8, 4) is 0 Å². The van der Waals surface area contributed by atoms with E-state index in [0.29, 0.717) is 23.9 Å². The number of sulfone groups is 1. The summed E-state index contributed by atoms with van der Waals surface area (Å²) >= 11 is 0. The van der Waals surface area contributed by atoms with E-state index in [0.717, 1.165) is 5.56 Å². The van der Waals surface area contributed by atoms with E-state index in [-0.39, 0.29) is 11.9 Å². The van der Waals surface area contributed by atoms with Crippen LogP contribution in [0.5, 0.6) is 0 Å². The van der Waals surface area contributed by atoms with E-state index >= 15 is 0 Å². The van der Waals surface area contributed by atoms with Crippen LogP contribution >= 0.6 is 0 Å². The average Bonchev–Trinajstić information content (AvgIpc) is 3.22. The fourth-order valence-corrected chi connectivity index (χ4v) is 2.71. The largest absolute Gasteiger partial charge is 0.350 e. The van der Waals surface area contributed by atoms with Gasteiger partial charge in [-0.2, -0.15) is 0 Å². The van der Waals surface area contributed by atoms with E-state index in [4.69, 9.17) is 0 Å². The number of carbonyl (C=O) groups is 1. The van der Waals surface area contributed by atoms with Crippen LogP contribution < -0.4 is 10.6 Å². The highest BCUT2D eigenvalue weighted by molar-refractivity contribution is 7.90. The Bertz CT molecular complexity index is 592. The first kappa shape index (κ1) is 16.0. The molecule has 6 heteroatoms. The summed E-state index contributed by atoms with van der Waals surface area (Å²) in [5.74, 6) is 0.00263.